The van der Waals surface area contributed by atoms with Crippen LogP contribution in [0.15, 0.2) is 28.7 Å². The fourth-order valence-corrected chi connectivity index (χ4v) is 2.58. The van der Waals surface area contributed by atoms with Crippen molar-refractivity contribution < 1.29 is 4.79 Å². The van der Waals surface area contributed by atoms with Gasteiger partial charge in [-0.25, -0.2) is 0 Å². The fraction of sp³-hybridized carbons (Fsp3) is 0.562. The second kappa shape index (κ2) is 9.94. The van der Waals surface area contributed by atoms with E-state index in [1.807, 2.05) is 24.3 Å². The third-order valence-corrected chi connectivity index (χ3v) is 4.14. The predicted octanol–water partition coefficient (Wildman–Crippen LogP) is 3.69. The number of halogens is 1. The van der Waals surface area contributed by atoms with Gasteiger partial charge in [0.05, 0.1) is 5.56 Å². The third kappa shape index (κ3) is 6.06. The molecule has 0 fully saturated rings. The second-order valence-corrected chi connectivity index (χ2v) is 5.68. The van der Waals surface area contributed by atoms with E-state index in [4.69, 9.17) is 0 Å². The zero-order valence-corrected chi connectivity index (χ0v) is 14.1. The number of hydrogen-bond donors (Lipinski definition) is 1. The molecule has 1 aromatic rings. The monoisotopic (exact) mass is 340 g/mol. The third-order valence-electron chi connectivity index (χ3n) is 3.45. The average Bonchev–Trinajstić information content (AvgIpc) is 2.47. The lowest BCUT2D eigenvalue weighted by Gasteiger charge is -2.17. The molecule has 1 amide bonds. The Morgan fingerprint density at radius 1 is 1.15 bits per heavy atom. The molecule has 0 saturated heterocycles. The first-order valence-corrected chi connectivity index (χ1v) is 8.23. The second-order valence-electron chi connectivity index (χ2n) is 4.82. The molecule has 0 aliphatic heterocycles. The van der Waals surface area contributed by atoms with E-state index in [0.717, 1.165) is 43.5 Å². The van der Waals surface area contributed by atoms with Crippen LogP contribution in [-0.4, -0.2) is 37.0 Å². The van der Waals surface area contributed by atoms with Crippen molar-refractivity contribution >= 4 is 21.8 Å². The van der Waals surface area contributed by atoms with Crippen LogP contribution in [0.25, 0.3) is 0 Å². The molecule has 0 spiro atoms. The van der Waals surface area contributed by atoms with Gasteiger partial charge in [0.15, 0.2) is 0 Å². The Hall–Kier alpha value is -0.870. The van der Waals surface area contributed by atoms with E-state index in [1.54, 1.807) is 0 Å². The molecular weight excluding hydrogens is 316 g/mol. The topological polar surface area (TPSA) is 32.3 Å². The number of amides is 1. The predicted molar refractivity (Wildman–Crippen MR) is 88.1 cm³/mol. The summed E-state index contributed by atoms with van der Waals surface area (Å²) in [5.41, 5.74) is 0.704. The van der Waals surface area contributed by atoms with Gasteiger partial charge in [-0.15, -0.1) is 0 Å². The van der Waals surface area contributed by atoms with E-state index in [9.17, 15) is 4.79 Å². The van der Waals surface area contributed by atoms with Crippen molar-refractivity contribution in [2.24, 2.45) is 0 Å². The number of rotatable bonds is 9. The summed E-state index contributed by atoms with van der Waals surface area (Å²) in [5.74, 6) is 0.00113. The number of unbranched alkanes of at least 4 members (excludes halogenated alkanes) is 2. The first kappa shape index (κ1) is 17.2. The van der Waals surface area contributed by atoms with Gasteiger partial charge in [0, 0.05) is 11.0 Å². The smallest absolute Gasteiger partial charge is 0.252 e. The molecule has 4 heteroatoms. The van der Waals surface area contributed by atoms with Crippen molar-refractivity contribution in [2.75, 3.05) is 26.2 Å². The number of carbonyl (C=O) groups excluding carboxylic acids is 1. The molecule has 0 saturated carbocycles. The van der Waals surface area contributed by atoms with Gasteiger partial charge in [-0.1, -0.05) is 32.4 Å². The fourth-order valence-electron chi connectivity index (χ4n) is 2.12. The first-order valence-electron chi connectivity index (χ1n) is 7.44. The van der Waals surface area contributed by atoms with Crippen LogP contribution >= 0.6 is 15.9 Å². The van der Waals surface area contributed by atoms with Crippen LogP contribution < -0.4 is 5.32 Å². The summed E-state index contributed by atoms with van der Waals surface area (Å²) in [5, 5.41) is 2.97. The molecule has 1 aromatic carbocycles. The lowest BCUT2D eigenvalue weighted by Crippen LogP contribution is -2.26. The van der Waals surface area contributed by atoms with Crippen molar-refractivity contribution in [1.82, 2.24) is 10.2 Å². The van der Waals surface area contributed by atoms with E-state index in [2.05, 4.69) is 40.0 Å². The van der Waals surface area contributed by atoms with E-state index in [-0.39, 0.29) is 5.91 Å². The molecule has 0 aliphatic rings. The normalized spacial score (nSPS) is 10.8. The van der Waals surface area contributed by atoms with Crippen LogP contribution in [0.4, 0.5) is 0 Å². The quantitative estimate of drug-likeness (QED) is 0.695. The van der Waals surface area contributed by atoms with Crippen LogP contribution in [0.3, 0.4) is 0 Å². The van der Waals surface area contributed by atoms with Crippen LogP contribution in [-0.2, 0) is 0 Å². The Kier molecular flexibility index (Phi) is 8.54. The highest BCUT2D eigenvalue weighted by Crippen LogP contribution is 2.15. The van der Waals surface area contributed by atoms with Crippen molar-refractivity contribution in [3.05, 3.63) is 34.3 Å². The molecule has 0 aliphatic carbocycles. The van der Waals surface area contributed by atoms with Crippen molar-refractivity contribution in [3.8, 4) is 0 Å². The minimum Gasteiger partial charge on any atom is -0.352 e. The minimum atomic E-state index is 0.00113. The SMILES string of the molecule is CCN(CC)CCCCCNC(=O)c1ccccc1Br. The van der Waals surface area contributed by atoms with Crippen molar-refractivity contribution in [2.45, 2.75) is 33.1 Å². The zero-order valence-electron chi connectivity index (χ0n) is 12.5. The minimum absolute atomic E-state index is 0.00113. The van der Waals surface area contributed by atoms with Gasteiger partial charge in [0.2, 0.25) is 0 Å². The van der Waals surface area contributed by atoms with Gasteiger partial charge >= 0.3 is 0 Å². The Labute approximate surface area is 130 Å². The van der Waals surface area contributed by atoms with Gasteiger partial charge in [0.25, 0.3) is 5.91 Å². The Morgan fingerprint density at radius 3 is 2.50 bits per heavy atom. The van der Waals surface area contributed by atoms with E-state index in [1.165, 1.54) is 6.42 Å². The van der Waals surface area contributed by atoms with Crippen LogP contribution in [0.1, 0.15) is 43.5 Å². The summed E-state index contributed by atoms with van der Waals surface area (Å²) in [7, 11) is 0. The molecule has 112 valence electrons. The Bertz CT molecular complexity index is 405. The molecule has 0 heterocycles. The van der Waals surface area contributed by atoms with E-state index < -0.39 is 0 Å². The summed E-state index contributed by atoms with van der Waals surface area (Å²) >= 11 is 3.40. The maximum atomic E-state index is 11.9. The summed E-state index contributed by atoms with van der Waals surface area (Å²) in [4.78, 5) is 14.4. The van der Waals surface area contributed by atoms with Crippen LogP contribution in [0.2, 0.25) is 0 Å². The summed E-state index contributed by atoms with van der Waals surface area (Å²) < 4.78 is 0.846. The standard InChI is InChI=1S/C16H25BrN2O/c1-3-19(4-2)13-9-5-8-12-18-16(20)14-10-6-7-11-15(14)17/h6-7,10-11H,3-5,8-9,12-13H2,1-2H3,(H,18,20). The maximum Gasteiger partial charge on any atom is 0.252 e. The molecule has 0 radical (unpaired) electrons. The van der Waals surface area contributed by atoms with Gasteiger partial charge in [-0.3, -0.25) is 4.79 Å². The van der Waals surface area contributed by atoms with Gasteiger partial charge in [-0.05, 0) is 60.5 Å². The van der Waals surface area contributed by atoms with Gasteiger partial charge in [0.1, 0.15) is 0 Å². The van der Waals surface area contributed by atoms with Gasteiger partial charge in [-0.2, -0.15) is 0 Å². The number of nitrogens with one attached hydrogen (secondary N) is 1. The van der Waals surface area contributed by atoms with Gasteiger partial charge < -0.3 is 10.2 Å². The van der Waals surface area contributed by atoms with E-state index in [0.29, 0.717) is 5.56 Å². The van der Waals surface area contributed by atoms with Crippen molar-refractivity contribution in [3.63, 3.8) is 0 Å². The maximum absolute atomic E-state index is 11.9. The lowest BCUT2D eigenvalue weighted by molar-refractivity contribution is 0.0952. The number of hydrogen-bond acceptors (Lipinski definition) is 2. The number of carbonyl (C=O) groups is 1. The Morgan fingerprint density at radius 2 is 1.85 bits per heavy atom. The molecule has 0 atom stereocenters. The van der Waals surface area contributed by atoms with Crippen LogP contribution in [0, 0.1) is 0 Å². The molecule has 20 heavy (non-hydrogen) atoms. The summed E-state index contributed by atoms with van der Waals surface area (Å²) in [6.45, 7) is 8.54. The molecule has 0 unspecified atom stereocenters. The average molecular weight is 341 g/mol. The van der Waals surface area contributed by atoms with Crippen molar-refractivity contribution in [1.29, 1.82) is 0 Å². The summed E-state index contributed by atoms with van der Waals surface area (Å²) in [6, 6.07) is 7.51. The Balaban J connectivity index is 2.16. The number of nitrogens with zero attached hydrogens (tertiary/aromatic N) is 1. The largest absolute Gasteiger partial charge is 0.352 e. The highest BCUT2D eigenvalue weighted by atomic mass is 79.9. The number of benzene rings is 1. The zero-order chi connectivity index (χ0) is 14.8. The molecular formula is C16H25BrN2O. The molecule has 3 nitrogen and oxygen atoms in total. The van der Waals surface area contributed by atoms with Crippen LogP contribution in [0.5, 0.6) is 0 Å². The van der Waals surface area contributed by atoms with E-state index >= 15 is 0 Å². The molecule has 1 N–H and O–H groups in total. The molecule has 1 rings (SSSR count). The molecule has 0 bridgehead atoms. The lowest BCUT2D eigenvalue weighted by atomic mass is 10.2. The summed E-state index contributed by atoms with van der Waals surface area (Å²) in [6.07, 6.45) is 3.40. The first-order chi connectivity index (χ1) is 9.69. The molecule has 0 aromatic heterocycles. The highest BCUT2D eigenvalue weighted by molar-refractivity contribution is 9.10. The highest BCUT2D eigenvalue weighted by Gasteiger charge is 2.07.